The van der Waals surface area contributed by atoms with Gasteiger partial charge in [-0.3, -0.25) is 4.79 Å². The molecule has 4 nitrogen and oxygen atoms in total. The molecular formula is C14H11NO3. The van der Waals surface area contributed by atoms with Crippen LogP contribution in [0.4, 0.5) is 0 Å². The molecule has 3 aromatic heterocycles. The zero-order valence-corrected chi connectivity index (χ0v) is 9.77. The maximum atomic E-state index is 11.7. The molecule has 18 heavy (non-hydrogen) atoms. The molecule has 4 heteroatoms. The van der Waals surface area contributed by atoms with Crippen LogP contribution in [0.1, 0.15) is 17.3 Å². The highest BCUT2D eigenvalue weighted by Crippen LogP contribution is 2.29. The Labute approximate surface area is 103 Å². The molecule has 3 aromatic rings. The fourth-order valence-electron chi connectivity index (χ4n) is 1.91. The molecule has 3 rings (SSSR count). The van der Waals surface area contributed by atoms with Crippen LogP contribution in [-0.2, 0) is 0 Å². The smallest absolute Gasteiger partial charge is 0.162 e. The highest BCUT2D eigenvalue weighted by Gasteiger charge is 2.17. The quantitative estimate of drug-likeness (QED) is 0.710. The minimum atomic E-state index is -0.0181. The van der Waals surface area contributed by atoms with Crippen LogP contribution in [0.2, 0.25) is 0 Å². The molecule has 0 aliphatic carbocycles. The van der Waals surface area contributed by atoms with E-state index in [-0.39, 0.29) is 5.78 Å². The van der Waals surface area contributed by atoms with E-state index in [0.29, 0.717) is 22.8 Å². The third kappa shape index (κ3) is 1.68. The molecule has 0 saturated carbocycles. The van der Waals surface area contributed by atoms with Crippen molar-refractivity contribution >= 4 is 5.78 Å². The Morgan fingerprint density at radius 1 is 1.11 bits per heavy atom. The predicted octanol–water partition coefficient (Wildman–Crippen LogP) is 3.74. The van der Waals surface area contributed by atoms with Crippen molar-refractivity contribution in [3.63, 3.8) is 0 Å². The van der Waals surface area contributed by atoms with E-state index in [1.54, 1.807) is 30.7 Å². The minimum absolute atomic E-state index is 0.0181. The molecule has 0 aliphatic heterocycles. The third-order valence-electron chi connectivity index (χ3n) is 2.75. The summed E-state index contributed by atoms with van der Waals surface area (Å²) in [6, 6.07) is 9.01. The van der Waals surface area contributed by atoms with Crippen LogP contribution in [-0.4, -0.2) is 10.8 Å². The lowest BCUT2D eigenvalue weighted by molar-refractivity contribution is 0.101. The van der Waals surface area contributed by atoms with Crippen molar-refractivity contribution in [3.8, 4) is 22.9 Å². The van der Waals surface area contributed by atoms with Crippen LogP contribution in [0.3, 0.4) is 0 Å². The predicted molar refractivity (Wildman–Crippen MR) is 66.2 cm³/mol. The van der Waals surface area contributed by atoms with Crippen molar-refractivity contribution in [3.05, 3.63) is 48.4 Å². The molecule has 0 aromatic carbocycles. The van der Waals surface area contributed by atoms with Gasteiger partial charge >= 0.3 is 0 Å². The number of carbonyl (C=O) groups excluding carboxylic acids is 1. The monoisotopic (exact) mass is 241 g/mol. The standard InChI is InChI=1S/C14H11NO3/c1-9(16)10-8-11(12-4-2-6-17-12)15-14(10)13-5-3-7-18-13/h2-8,15H,1H3. The van der Waals surface area contributed by atoms with Crippen LogP contribution in [0, 0.1) is 0 Å². The van der Waals surface area contributed by atoms with Gasteiger partial charge in [-0.25, -0.2) is 0 Å². The van der Waals surface area contributed by atoms with E-state index in [0.717, 1.165) is 5.69 Å². The third-order valence-corrected chi connectivity index (χ3v) is 2.75. The summed E-state index contributed by atoms with van der Waals surface area (Å²) in [7, 11) is 0. The number of Topliss-reactive ketones (excluding diaryl/α,β-unsaturated/α-hetero) is 1. The molecule has 3 heterocycles. The van der Waals surface area contributed by atoms with E-state index in [1.807, 2.05) is 12.1 Å². The highest BCUT2D eigenvalue weighted by atomic mass is 16.3. The molecule has 0 saturated heterocycles. The Morgan fingerprint density at radius 3 is 2.33 bits per heavy atom. The molecule has 0 radical (unpaired) electrons. The van der Waals surface area contributed by atoms with Gasteiger partial charge < -0.3 is 13.8 Å². The largest absolute Gasteiger partial charge is 0.463 e. The Morgan fingerprint density at radius 2 is 1.78 bits per heavy atom. The number of hydrogen-bond donors (Lipinski definition) is 1. The van der Waals surface area contributed by atoms with E-state index in [9.17, 15) is 4.79 Å². The average Bonchev–Trinajstić information content (AvgIpc) is 3.10. The van der Waals surface area contributed by atoms with Gasteiger partial charge in [0.05, 0.1) is 23.9 Å². The number of hydrogen-bond acceptors (Lipinski definition) is 3. The van der Waals surface area contributed by atoms with Gasteiger partial charge in [0.1, 0.15) is 5.76 Å². The summed E-state index contributed by atoms with van der Waals surface area (Å²) in [4.78, 5) is 14.8. The Balaban J connectivity index is 2.16. The first-order valence-corrected chi connectivity index (χ1v) is 5.57. The lowest BCUT2D eigenvalue weighted by Gasteiger charge is -1.95. The number of aromatic amines is 1. The zero-order chi connectivity index (χ0) is 12.5. The second-order valence-corrected chi connectivity index (χ2v) is 3.98. The van der Waals surface area contributed by atoms with Gasteiger partial charge in [0.2, 0.25) is 0 Å². The molecule has 90 valence electrons. The van der Waals surface area contributed by atoms with Crippen LogP contribution < -0.4 is 0 Å². The summed E-state index contributed by atoms with van der Waals surface area (Å²) in [5.74, 6) is 1.31. The molecule has 0 bridgehead atoms. The number of H-pyrrole nitrogens is 1. The molecule has 0 aliphatic rings. The molecule has 0 fully saturated rings. The number of ketones is 1. The summed E-state index contributed by atoms with van der Waals surface area (Å²) in [6.45, 7) is 1.53. The highest BCUT2D eigenvalue weighted by molar-refractivity contribution is 6.01. The SMILES string of the molecule is CC(=O)c1cc(-c2ccco2)[nH]c1-c1ccco1. The maximum Gasteiger partial charge on any atom is 0.162 e. The van der Waals surface area contributed by atoms with Crippen LogP contribution >= 0.6 is 0 Å². The molecule has 0 spiro atoms. The summed E-state index contributed by atoms with van der Waals surface area (Å²) in [5.41, 5.74) is 2.03. The number of furan rings is 2. The molecule has 1 N–H and O–H groups in total. The number of rotatable bonds is 3. The van der Waals surface area contributed by atoms with Gasteiger partial charge in [-0.15, -0.1) is 0 Å². The summed E-state index contributed by atoms with van der Waals surface area (Å²) in [6.07, 6.45) is 3.17. The van der Waals surface area contributed by atoms with Crippen molar-refractivity contribution in [1.82, 2.24) is 4.98 Å². The molecule has 0 unspecified atom stereocenters. The van der Waals surface area contributed by atoms with Crippen molar-refractivity contribution in [1.29, 1.82) is 0 Å². The fraction of sp³-hybridized carbons (Fsp3) is 0.0714. The first-order valence-electron chi connectivity index (χ1n) is 5.57. The van der Waals surface area contributed by atoms with Gasteiger partial charge in [-0.1, -0.05) is 0 Å². The van der Waals surface area contributed by atoms with Gasteiger partial charge in [0.25, 0.3) is 0 Å². The number of aromatic nitrogens is 1. The Hall–Kier alpha value is -2.49. The topological polar surface area (TPSA) is 59.1 Å². The molecular weight excluding hydrogens is 230 g/mol. The average molecular weight is 241 g/mol. The lowest BCUT2D eigenvalue weighted by atomic mass is 10.1. The summed E-state index contributed by atoms with van der Waals surface area (Å²) < 4.78 is 10.6. The van der Waals surface area contributed by atoms with Gasteiger partial charge in [-0.05, 0) is 37.3 Å². The summed E-state index contributed by atoms with van der Waals surface area (Å²) in [5, 5.41) is 0. The lowest BCUT2D eigenvalue weighted by Crippen LogP contribution is -1.91. The fourth-order valence-corrected chi connectivity index (χ4v) is 1.91. The Kier molecular flexibility index (Phi) is 2.41. The van der Waals surface area contributed by atoms with Gasteiger partial charge in [0.15, 0.2) is 11.5 Å². The maximum absolute atomic E-state index is 11.7. The molecule has 0 atom stereocenters. The van der Waals surface area contributed by atoms with Gasteiger partial charge in [0, 0.05) is 5.56 Å². The van der Waals surface area contributed by atoms with Crippen LogP contribution in [0.25, 0.3) is 22.9 Å². The summed E-state index contributed by atoms with van der Waals surface area (Å²) >= 11 is 0. The van der Waals surface area contributed by atoms with E-state index >= 15 is 0 Å². The Bertz CT molecular complexity index is 660. The normalized spacial score (nSPS) is 10.7. The van der Waals surface area contributed by atoms with Gasteiger partial charge in [-0.2, -0.15) is 0 Å². The van der Waals surface area contributed by atoms with Crippen molar-refractivity contribution in [2.45, 2.75) is 6.92 Å². The number of nitrogens with one attached hydrogen (secondary N) is 1. The minimum Gasteiger partial charge on any atom is -0.463 e. The van der Waals surface area contributed by atoms with E-state index in [1.165, 1.54) is 6.92 Å². The van der Waals surface area contributed by atoms with Crippen molar-refractivity contribution in [2.24, 2.45) is 0 Å². The van der Waals surface area contributed by atoms with Crippen molar-refractivity contribution in [2.75, 3.05) is 0 Å². The van der Waals surface area contributed by atoms with Crippen LogP contribution in [0.15, 0.2) is 51.7 Å². The van der Waals surface area contributed by atoms with E-state index in [4.69, 9.17) is 8.83 Å². The molecule has 0 amide bonds. The second-order valence-electron chi connectivity index (χ2n) is 3.98. The van der Waals surface area contributed by atoms with Crippen molar-refractivity contribution < 1.29 is 13.6 Å². The van der Waals surface area contributed by atoms with E-state index in [2.05, 4.69) is 4.98 Å². The van der Waals surface area contributed by atoms with Crippen LogP contribution in [0.5, 0.6) is 0 Å². The first kappa shape index (κ1) is 10.7. The zero-order valence-electron chi connectivity index (χ0n) is 9.77. The number of carbonyl (C=O) groups is 1. The van der Waals surface area contributed by atoms with E-state index < -0.39 is 0 Å². The first-order chi connectivity index (χ1) is 8.75. The second kappa shape index (κ2) is 4.07.